The van der Waals surface area contributed by atoms with Gasteiger partial charge in [0.2, 0.25) is 0 Å². The Hall–Kier alpha value is -3.28. The first-order valence-corrected chi connectivity index (χ1v) is 7.94. The van der Waals surface area contributed by atoms with Crippen LogP contribution in [0.5, 0.6) is 0 Å². The van der Waals surface area contributed by atoms with Crippen molar-refractivity contribution in [1.29, 1.82) is 0 Å². The lowest BCUT2D eigenvalue weighted by molar-refractivity contribution is 0.612. The smallest absolute Gasteiger partial charge is 0.170 e. The first-order chi connectivity index (χ1) is 12.2. The summed E-state index contributed by atoms with van der Waals surface area (Å²) in [6, 6.07) is 12.9. The van der Waals surface area contributed by atoms with Crippen LogP contribution in [0.15, 0.2) is 61.2 Å². The molecule has 0 aliphatic carbocycles. The van der Waals surface area contributed by atoms with E-state index in [9.17, 15) is 4.39 Å². The van der Waals surface area contributed by atoms with Crippen molar-refractivity contribution in [1.82, 2.24) is 19.6 Å². The van der Waals surface area contributed by atoms with Gasteiger partial charge in [-0.15, -0.1) is 10.2 Å². The van der Waals surface area contributed by atoms with Gasteiger partial charge in [-0.1, -0.05) is 17.7 Å². The van der Waals surface area contributed by atoms with Crippen LogP contribution in [-0.2, 0) is 6.54 Å². The third-order valence-electron chi connectivity index (χ3n) is 4.11. The lowest BCUT2D eigenvalue weighted by Gasteiger charge is -2.12. The summed E-state index contributed by atoms with van der Waals surface area (Å²) >= 11 is 0. The minimum atomic E-state index is -0.216. The average molecular weight is 333 g/mol. The molecule has 0 radical (unpaired) electrons. The molecule has 4 aromatic rings. The highest BCUT2D eigenvalue weighted by Gasteiger charge is 2.10. The summed E-state index contributed by atoms with van der Waals surface area (Å²) in [5.74, 6) is 0.588. The van der Waals surface area contributed by atoms with Gasteiger partial charge in [0.05, 0.1) is 0 Å². The Labute approximate surface area is 144 Å². The number of fused-ring (bicyclic) bond motifs is 1. The van der Waals surface area contributed by atoms with Gasteiger partial charge in [0, 0.05) is 30.1 Å². The summed E-state index contributed by atoms with van der Waals surface area (Å²) in [4.78, 5) is 4.04. The van der Waals surface area contributed by atoms with Gasteiger partial charge in [-0.05, 0) is 42.8 Å². The molecule has 0 saturated heterocycles. The molecule has 0 unspecified atom stereocenters. The molecule has 4 rings (SSSR count). The Morgan fingerprint density at radius 2 is 1.92 bits per heavy atom. The second kappa shape index (κ2) is 6.32. The van der Waals surface area contributed by atoms with E-state index in [1.807, 2.05) is 41.7 Å². The molecule has 5 nitrogen and oxygen atoms in total. The molecule has 3 heterocycles. The van der Waals surface area contributed by atoms with E-state index in [4.69, 9.17) is 0 Å². The molecule has 0 atom stereocenters. The van der Waals surface area contributed by atoms with E-state index >= 15 is 0 Å². The Bertz CT molecular complexity index is 1030. The number of hydrogen-bond donors (Lipinski definition) is 1. The second-order valence-electron chi connectivity index (χ2n) is 5.84. The standard InChI is InChI=1S/C19H16FN5/c1-13-2-4-17(20)15(10-13)11-22-18-5-3-16(14-6-8-21-9-7-14)19-24-23-12-25(18)19/h2-10,12,22H,11H2,1H3. The molecule has 0 amide bonds. The first-order valence-electron chi connectivity index (χ1n) is 7.94. The van der Waals surface area contributed by atoms with Crippen LogP contribution in [0.1, 0.15) is 11.1 Å². The first kappa shape index (κ1) is 15.3. The Morgan fingerprint density at radius 3 is 2.76 bits per heavy atom. The van der Waals surface area contributed by atoms with Gasteiger partial charge < -0.3 is 5.32 Å². The van der Waals surface area contributed by atoms with Crippen LogP contribution in [0.3, 0.4) is 0 Å². The number of nitrogens with zero attached hydrogens (tertiary/aromatic N) is 4. The molecule has 1 N–H and O–H groups in total. The summed E-state index contributed by atoms with van der Waals surface area (Å²) in [6.07, 6.45) is 5.14. The monoisotopic (exact) mass is 333 g/mol. The highest BCUT2D eigenvalue weighted by atomic mass is 19.1. The number of hydrogen-bond acceptors (Lipinski definition) is 4. The third-order valence-corrected chi connectivity index (χ3v) is 4.11. The van der Waals surface area contributed by atoms with E-state index in [0.717, 1.165) is 28.2 Å². The highest BCUT2D eigenvalue weighted by Crippen LogP contribution is 2.25. The van der Waals surface area contributed by atoms with Gasteiger partial charge in [-0.2, -0.15) is 0 Å². The maximum absolute atomic E-state index is 13.9. The molecule has 0 aliphatic heterocycles. The van der Waals surface area contributed by atoms with Gasteiger partial charge in [0.25, 0.3) is 0 Å². The van der Waals surface area contributed by atoms with Crippen LogP contribution >= 0.6 is 0 Å². The van der Waals surface area contributed by atoms with Crippen molar-refractivity contribution >= 4 is 11.5 Å². The molecular formula is C19H16FN5. The van der Waals surface area contributed by atoms with E-state index in [0.29, 0.717) is 12.1 Å². The van der Waals surface area contributed by atoms with Crippen molar-refractivity contribution < 1.29 is 4.39 Å². The number of benzene rings is 1. The highest BCUT2D eigenvalue weighted by molar-refractivity contribution is 5.78. The number of rotatable bonds is 4. The lowest BCUT2D eigenvalue weighted by atomic mass is 10.1. The average Bonchev–Trinajstić information content (AvgIpc) is 3.13. The fraction of sp³-hybridized carbons (Fsp3) is 0.105. The topological polar surface area (TPSA) is 55.1 Å². The van der Waals surface area contributed by atoms with Crippen molar-refractivity contribution in [3.8, 4) is 11.1 Å². The molecule has 0 spiro atoms. The van der Waals surface area contributed by atoms with Crippen LogP contribution in [0.2, 0.25) is 0 Å². The predicted octanol–water partition coefficient (Wildman–Crippen LogP) is 3.85. The summed E-state index contributed by atoms with van der Waals surface area (Å²) < 4.78 is 15.8. The van der Waals surface area contributed by atoms with Crippen LogP contribution < -0.4 is 5.32 Å². The maximum Gasteiger partial charge on any atom is 0.170 e. The largest absolute Gasteiger partial charge is 0.367 e. The molecule has 1 aromatic carbocycles. The molecule has 124 valence electrons. The van der Waals surface area contributed by atoms with Crippen LogP contribution in [-0.4, -0.2) is 19.6 Å². The third kappa shape index (κ3) is 2.94. The molecule has 0 fully saturated rings. The van der Waals surface area contributed by atoms with Crippen molar-refractivity contribution in [2.24, 2.45) is 0 Å². The van der Waals surface area contributed by atoms with E-state index in [1.165, 1.54) is 6.07 Å². The predicted molar refractivity (Wildman–Crippen MR) is 94.7 cm³/mol. The van der Waals surface area contributed by atoms with E-state index < -0.39 is 0 Å². The zero-order valence-electron chi connectivity index (χ0n) is 13.6. The minimum Gasteiger partial charge on any atom is -0.367 e. The van der Waals surface area contributed by atoms with Gasteiger partial charge in [0.15, 0.2) is 5.65 Å². The van der Waals surface area contributed by atoms with Crippen LogP contribution in [0.25, 0.3) is 16.8 Å². The number of pyridine rings is 2. The number of anilines is 1. The zero-order valence-corrected chi connectivity index (χ0v) is 13.6. The summed E-state index contributed by atoms with van der Waals surface area (Å²) in [7, 11) is 0. The van der Waals surface area contributed by atoms with E-state index in [1.54, 1.807) is 24.8 Å². The molecule has 3 aromatic heterocycles. The van der Waals surface area contributed by atoms with Gasteiger partial charge in [-0.3, -0.25) is 9.38 Å². The summed E-state index contributed by atoms with van der Waals surface area (Å²) in [5, 5.41) is 11.5. The van der Waals surface area contributed by atoms with Crippen molar-refractivity contribution in [2.45, 2.75) is 13.5 Å². The SMILES string of the molecule is Cc1ccc(F)c(CNc2ccc(-c3ccncc3)c3nncn23)c1. The molecular weight excluding hydrogens is 317 g/mol. The fourth-order valence-electron chi connectivity index (χ4n) is 2.84. The zero-order chi connectivity index (χ0) is 17.2. The van der Waals surface area contributed by atoms with Gasteiger partial charge in [-0.25, -0.2) is 4.39 Å². The summed E-state index contributed by atoms with van der Waals surface area (Å²) in [5.41, 5.74) is 4.37. The Morgan fingerprint density at radius 1 is 1.08 bits per heavy atom. The van der Waals surface area contributed by atoms with Crippen LogP contribution in [0, 0.1) is 12.7 Å². The molecule has 25 heavy (non-hydrogen) atoms. The maximum atomic E-state index is 13.9. The van der Waals surface area contributed by atoms with Crippen molar-refractivity contribution in [3.05, 3.63) is 78.1 Å². The molecule has 0 saturated carbocycles. The van der Waals surface area contributed by atoms with Crippen LogP contribution in [0.4, 0.5) is 10.2 Å². The number of aryl methyl sites for hydroxylation is 1. The summed E-state index contributed by atoms with van der Waals surface area (Å²) in [6.45, 7) is 2.33. The molecule has 0 bridgehead atoms. The Kier molecular flexibility index (Phi) is 3.85. The fourth-order valence-corrected chi connectivity index (χ4v) is 2.84. The number of nitrogens with one attached hydrogen (secondary N) is 1. The number of halogens is 1. The Balaban J connectivity index is 1.68. The second-order valence-corrected chi connectivity index (χ2v) is 5.84. The minimum absolute atomic E-state index is 0.216. The lowest BCUT2D eigenvalue weighted by Crippen LogP contribution is -2.06. The number of aromatic nitrogens is 4. The van der Waals surface area contributed by atoms with Crippen molar-refractivity contribution in [3.63, 3.8) is 0 Å². The van der Waals surface area contributed by atoms with Gasteiger partial charge >= 0.3 is 0 Å². The molecule has 0 aliphatic rings. The normalized spacial score (nSPS) is 11.0. The van der Waals surface area contributed by atoms with Crippen molar-refractivity contribution in [2.75, 3.05) is 5.32 Å². The van der Waals surface area contributed by atoms with Gasteiger partial charge in [0.1, 0.15) is 18.0 Å². The molecule has 6 heteroatoms. The quantitative estimate of drug-likeness (QED) is 0.616. The van der Waals surface area contributed by atoms with E-state index in [2.05, 4.69) is 20.5 Å². The van der Waals surface area contributed by atoms with E-state index in [-0.39, 0.29) is 5.82 Å².